The molecule has 1 aliphatic rings. The van der Waals surface area contributed by atoms with Gasteiger partial charge < -0.3 is 26.4 Å². The molecular weight excluding hydrogens is 416 g/mol. The van der Waals surface area contributed by atoms with Crippen LogP contribution in [0.5, 0.6) is 0 Å². The maximum absolute atomic E-state index is 13.2. The van der Waals surface area contributed by atoms with E-state index in [2.05, 4.69) is 24.9 Å². The molecule has 0 bridgehead atoms. The molecular formula is C15H16N10O6. The molecule has 0 aromatic carbocycles. The number of nitrogen functional groups attached to an aromatic ring is 2. The van der Waals surface area contributed by atoms with E-state index < -0.39 is 41.9 Å². The number of nitrogens with one attached hydrogen (secondary N) is 2. The number of hydrogen-bond donors (Lipinski definition) is 6. The quantitative estimate of drug-likeness (QED) is 0.185. The third-order valence-electron chi connectivity index (χ3n) is 5.04. The van der Waals surface area contributed by atoms with Crippen molar-refractivity contribution in [1.82, 2.24) is 38.8 Å². The second-order valence-corrected chi connectivity index (χ2v) is 6.91. The molecule has 16 nitrogen and oxygen atoms in total. The lowest BCUT2D eigenvalue weighted by Gasteiger charge is -2.14. The monoisotopic (exact) mass is 432 g/mol. The van der Waals surface area contributed by atoms with Crippen molar-refractivity contribution in [3.8, 4) is 0 Å². The molecule has 31 heavy (non-hydrogen) atoms. The topological polar surface area (TPSA) is 238 Å². The summed E-state index contributed by atoms with van der Waals surface area (Å²) in [5, 5.41) is 19.2. The molecule has 8 N–H and O–H groups in total. The number of nitrogens with zero attached hydrogens (tertiary/aromatic N) is 6. The molecule has 0 spiro atoms. The van der Waals surface area contributed by atoms with Crippen molar-refractivity contribution in [3.05, 3.63) is 37.5 Å². The maximum Gasteiger partial charge on any atom is 0.329 e. The molecule has 0 aliphatic carbocycles. The fourth-order valence-corrected chi connectivity index (χ4v) is 3.64. The number of aliphatic hydroxyl groups is 2. The normalized spacial score (nSPS) is 21.4. The van der Waals surface area contributed by atoms with Crippen LogP contribution < -0.4 is 28.3 Å². The molecule has 0 saturated carbocycles. The van der Waals surface area contributed by atoms with E-state index in [4.69, 9.17) is 16.2 Å². The number of anilines is 2. The van der Waals surface area contributed by atoms with Gasteiger partial charge in [0, 0.05) is 6.42 Å². The van der Waals surface area contributed by atoms with Crippen LogP contribution in [0.4, 0.5) is 11.9 Å². The molecule has 4 aromatic heterocycles. The summed E-state index contributed by atoms with van der Waals surface area (Å²) < 4.78 is 8.49. The molecule has 16 heteroatoms. The van der Waals surface area contributed by atoms with Crippen molar-refractivity contribution >= 4 is 34.2 Å². The Morgan fingerprint density at radius 2 is 1.97 bits per heavy atom. The van der Waals surface area contributed by atoms with Gasteiger partial charge in [-0.05, 0) is 0 Å². The Balaban J connectivity index is 1.73. The average Bonchev–Trinajstić information content (AvgIpc) is 3.37. The highest BCUT2D eigenvalue weighted by atomic mass is 16.5. The van der Waals surface area contributed by atoms with Gasteiger partial charge in [0.25, 0.3) is 5.56 Å². The Bertz CT molecular complexity index is 1510. The lowest BCUT2D eigenvalue weighted by molar-refractivity contribution is -0.0441. The third-order valence-corrected chi connectivity index (χ3v) is 5.04. The summed E-state index contributed by atoms with van der Waals surface area (Å²) in [5.74, 6) is -0.544. The third kappa shape index (κ3) is 2.66. The van der Waals surface area contributed by atoms with E-state index in [-0.39, 0.29) is 40.6 Å². The molecule has 1 unspecified atom stereocenters. The van der Waals surface area contributed by atoms with Crippen molar-refractivity contribution in [3.63, 3.8) is 0 Å². The fourth-order valence-electron chi connectivity index (χ4n) is 3.64. The van der Waals surface area contributed by atoms with Crippen LogP contribution in [0.1, 0.15) is 12.6 Å². The number of aliphatic hydroxyl groups excluding tert-OH is 2. The predicted octanol–water partition coefficient (Wildman–Crippen LogP) is -3.56. The van der Waals surface area contributed by atoms with Gasteiger partial charge in [-0.2, -0.15) is 14.6 Å². The van der Waals surface area contributed by atoms with Gasteiger partial charge in [-0.1, -0.05) is 0 Å². The minimum absolute atomic E-state index is 0.000881. The Kier molecular flexibility index (Phi) is 3.97. The first kappa shape index (κ1) is 19.0. The molecule has 5 heterocycles. The summed E-state index contributed by atoms with van der Waals surface area (Å²) in [4.78, 5) is 54.5. The predicted molar refractivity (Wildman–Crippen MR) is 104 cm³/mol. The Morgan fingerprint density at radius 3 is 2.68 bits per heavy atom. The molecule has 0 radical (unpaired) electrons. The average molecular weight is 432 g/mol. The number of H-pyrrole nitrogens is 2. The van der Waals surface area contributed by atoms with Gasteiger partial charge in [-0.15, -0.1) is 0 Å². The minimum Gasteiger partial charge on any atom is -0.394 e. The van der Waals surface area contributed by atoms with Crippen LogP contribution in [0.25, 0.3) is 22.3 Å². The summed E-state index contributed by atoms with van der Waals surface area (Å²) in [5.41, 5.74) is 9.02. The summed E-state index contributed by atoms with van der Waals surface area (Å²) >= 11 is 0. The first-order valence-electron chi connectivity index (χ1n) is 9.00. The first-order chi connectivity index (χ1) is 14.8. The summed E-state index contributed by atoms with van der Waals surface area (Å²) in [6, 6.07) is 0. The Labute approximate surface area is 169 Å². The van der Waals surface area contributed by atoms with E-state index in [1.165, 1.54) is 0 Å². The molecule has 1 fully saturated rings. The second kappa shape index (κ2) is 6.49. The number of rotatable bonds is 3. The van der Waals surface area contributed by atoms with Crippen molar-refractivity contribution in [2.24, 2.45) is 0 Å². The van der Waals surface area contributed by atoms with Crippen LogP contribution in [-0.4, -0.2) is 67.9 Å². The zero-order chi connectivity index (χ0) is 22.0. The molecule has 162 valence electrons. The summed E-state index contributed by atoms with van der Waals surface area (Å²) in [6.07, 6.45) is -1.72. The lowest BCUT2D eigenvalue weighted by atomic mass is 10.2. The zero-order valence-electron chi connectivity index (χ0n) is 15.6. The molecule has 3 atom stereocenters. The van der Waals surface area contributed by atoms with Gasteiger partial charge >= 0.3 is 11.2 Å². The van der Waals surface area contributed by atoms with Crippen molar-refractivity contribution in [1.29, 1.82) is 0 Å². The molecule has 1 aliphatic heterocycles. The van der Waals surface area contributed by atoms with E-state index in [1.54, 1.807) is 0 Å². The van der Waals surface area contributed by atoms with Crippen LogP contribution in [0, 0.1) is 0 Å². The number of fused-ring (bicyclic) bond motifs is 2. The van der Waals surface area contributed by atoms with Gasteiger partial charge in [0.2, 0.25) is 11.9 Å². The Morgan fingerprint density at radius 1 is 1.19 bits per heavy atom. The van der Waals surface area contributed by atoms with Gasteiger partial charge in [0.1, 0.15) is 18.7 Å². The van der Waals surface area contributed by atoms with E-state index >= 15 is 0 Å². The van der Waals surface area contributed by atoms with Crippen molar-refractivity contribution in [2.75, 3.05) is 18.1 Å². The second-order valence-electron chi connectivity index (χ2n) is 6.91. The molecule has 5 rings (SSSR count). The fraction of sp³-hybridized carbons (Fsp3) is 0.333. The molecule has 0 amide bonds. The number of aromatic nitrogens is 8. The maximum atomic E-state index is 13.2. The van der Waals surface area contributed by atoms with E-state index in [9.17, 15) is 24.6 Å². The van der Waals surface area contributed by atoms with Crippen LogP contribution in [0.15, 0.2) is 20.7 Å². The highest BCUT2D eigenvalue weighted by molar-refractivity contribution is 5.73. The zero-order valence-corrected chi connectivity index (χ0v) is 15.6. The minimum atomic E-state index is -1.00. The van der Waals surface area contributed by atoms with Gasteiger partial charge in [0.05, 0.1) is 12.7 Å². The van der Waals surface area contributed by atoms with Gasteiger partial charge in [-0.25, -0.2) is 19.0 Å². The Hall–Kier alpha value is -4.02. The number of imidazole rings is 2. The first-order valence-corrected chi connectivity index (χ1v) is 9.00. The number of hydrogen-bond acceptors (Lipinski definition) is 11. The number of ether oxygens (including phenoxy) is 1. The van der Waals surface area contributed by atoms with Crippen LogP contribution in [-0.2, 0) is 4.74 Å². The molecule has 1 saturated heterocycles. The smallest absolute Gasteiger partial charge is 0.329 e. The number of nitrogens with two attached hydrogens (primary N) is 2. The number of aromatic amines is 2. The highest BCUT2D eigenvalue weighted by Gasteiger charge is 2.36. The van der Waals surface area contributed by atoms with E-state index in [0.29, 0.717) is 0 Å². The van der Waals surface area contributed by atoms with E-state index in [1.807, 2.05) is 0 Å². The molecule has 4 aromatic rings. The van der Waals surface area contributed by atoms with E-state index in [0.717, 1.165) is 20.2 Å². The summed E-state index contributed by atoms with van der Waals surface area (Å²) in [7, 11) is 0. The van der Waals surface area contributed by atoms with Gasteiger partial charge in [0.15, 0.2) is 22.3 Å². The van der Waals surface area contributed by atoms with Gasteiger partial charge in [-0.3, -0.25) is 19.6 Å². The standard InChI is InChI=1S/C15H16N10O6/c16-13-20-9-7(11(28)22-13)18-3-23(9)25-12(29)8-10(21-14(25)17)24(15(30)19-8)6-1-4(27)5(2-26)31-6/h3-6,26-27H,1-2H2,(H2,17,21)(H,19,30)(H3,16,20,22,28)/t4?,5-,6-/m1/s1. The van der Waals surface area contributed by atoms with Crippen LogP contribution >= 0.6 is 0 Å². The summed E-state index contributed by atoms with van der Waals surface area (Å²) in [6.45, 7) is -0.444. The SMILES string of the molecule is Nc1nc2c(ncn2-n2c(N)nc3c([nH]c(=O)n3[C@H]3CC(O)[C@@H](CO)O3)c2=O)c(=O)[nH]1. The van der Waals surface area contributed by atoms with Crippen LogP contribution in [0.2, 0.25) is 0 Å². The largest absolute Gasteiger partial charge is 0.394 e. The highest BCUT2D eigenvalue weighted by Crippen LogP contribution is 2.29. The van der Waals surface area contributed by atoms with Crippen molar-refractivity contribution in [2.45, 2.75) is 24.9 Å². The van der Waals surface area contributed by atoms with Crippen molar-refractivity contribution < 1.29 is 14.9 Å². The van der Waals surface area contributed by atoms with Crippen LogP contribution in [0.3, 0.4) is 0 Å². The lowest BCUT2D eigenvalue weighted by Crippen LogP contribution is -2.30.